The molecule has 0 unspecified atom stereocenters. The maximum atomic E-state index is 10.5. The van der Waals surface area contributed by atoms with E-state index < -0.39 is 0 Å². The summed E-state index contributed by atoms with van der Waals surface area (Å²) in [6, 6.07) is 0. The van der Waals surface area contributed by atoms with Crippen molar-refractivity contribution in [3.8, 4) is 0 Å². The molecule has 0 spiro atoms. The fourth-order valence-corrected chi connectivity index (χ4v) is 0.890. The average molecular weight is 165 g/mol. The van der Waals surface area contributed by atoms with Gasteiger partial charge in [0.2, 0.25) is 0 Å². The van der Waals surface area contributed by atoms with Crippen molar-refractivity contribution in [1.29, 1.82) is 0 Å². The maximum absolute atomic E-state index is 10.5. The molecule has 1 rings (SSSR count). The van der Waals surface area contributed by atoms with Crippen LogP contribution in [0.25, 0.3) is 0 Å². The van der Waals surface area contributed by atoms with Crippen LogP contribution in [-0.4, -0.2) is 11.6 Å². The number of hydrogen-bond acceptors (Lipinski definition) is 2. The number of carbonyl (C=O) groups is 2. The first kappa shape index (κ1) is 6.78. The highest BCUT2D eigenvalue weighted by molar-refractivity contribution is 6.59. The monoisotopic (exact) mass is 164 g/mol. The van der Waals surface area contributed by atoms with E-state index in [-0.39, 0.29) is 28.1 Å². The molecule has 0 amide bonds. The first-order chi connectivity index (χ1) is 4.13. The first-order valence-corrected chi connectivity index (χ1v) is 3.00. The van der Waals surface area contributed by atoms with Crippen molar-refractivity contribution in [3.05, 3.63) is 10.1 Å². The predicted octanol–water partition coefficient (Wildman–Crippen LogP) is 1.22. The largest absolute Gasteiger partial charge is 0.293 e. The molecular formula is C5H2Cl2O2. The zero-order valence-electron chi connectivity index (χ0n) is 4.28. The van der Waals surface area contributed by atoms with Gasteiger partial charge in [0.25, 0.3) is 0 Å². The van der Waals surface area contributed by atoms with Crippen LogP contribution in [-0.2, 0) is 9.59 Å². The molecule has 0 bridgehead atoms. The molecule has 0 saturated carbocycles. The summed E-state index contributed by atoms with van der Waals surface area (Å²) in [5.74, 6) is -0.765. The van der Waals surface area contributed by atoms with Crippen molar-refractivity contribution < 1.29 is 9.59 Å². The highest BCUT2D eigenvalue weighted by atomic mass is 35.5. The molecule has 1 aliphatic rings. The number of ketones is 2. The Kier molecular flexibility index (Phi) is 1.60. The first-order valence-electron chi connectivity index (χ1n) is 2.24. The third kappa shape index (κ3) is 1.00. The molecule has 0 aromatic rings. The van der Waals surface area contributed by atoms with Crippen LogP contribution in [0, 0.1) is 0 Å². The van der Waals surface area contributed by atoms with Crippen molar-refractivity contribution in [3.63, 3.8) is 0 Å². The number of carbonyl (C=O) groups excluding carboxylic acids is 2. The van der Waals surface area contributed by atoms with Gasteiger partial charge in [-0.3, -0.25) is 9.59 Å². The van der Waals surface area contributed by atoms with Gasteiger partial charge in [0.15, 0.2) is 11.6 Å². The Morgan fingerprint density at radius 1 is 1.00 bits per heavy atom. The normalized spacial score (nSPS) is 19.8. The molecule has 48 valence electrons. The highest BCUT2D eigenvalue weighted by Gasteiger charge is 2.27. The lowest BCUT2D eigenvalue weighted by Crippen LogP contribution is -1.93. The molecule has 0 N–H and O–H groups in total. The van der Waals surface area contributed by atoms with Gasteiger partial charge >= 0.3 is 0 Å². The third-order valence-electron chi connectivity index (χ3n) is 1.00. The van der Waals surface area contributed by atoms with Gasteiger partial charge in [-0.2, -0.15) is 0 Å². The molecule has 9 heavy (non-hydrogen) atoms. The van der Waals surface area contributed by atoms with Crippen LogP contribution in [0.3, 0.4) is 0 Å². The van der Waals surface area contributed by atoms with E-state index in [1.807, 2.05) is 0 Å². The van der Waals surface area contributed by atoms with E-state index >= 15 is 0 Å². The number of Topliss-reactive ketones (excluding diaryl/α,β-unsaturated/α-hetero) is 2. The van der Waals surface area contributed by atoms with Crippen LogP contribution >= 0.6 is 23.2 Å². The summed E-state index contributed by atoms with van der Waals surface area (Å²) in [7, 11) is 0. The molecule has 0 aromatic carbocycles. The minimum atomic E-state index is -0.383. The van der Waals surface area contributed by atoms with Gasteiger partial charge in [-0.15, -0.1) is 0 Å². The summed E-state index contributed by atoms with van der Waals surface area (Å²) in [6.45, 7) is 0. The second kappa shape index (κ2) is 2.12. The Bertz CT molecular complexity index is 195. The molecule has 0 atom stereocenters. The Morgan fingerprint density at radius 2 is 1.33 bits per heavy atom. The van der Waals surface area contributed by atoms with Gasteiger partial charge < -0.3 is 0 Å². The van der Waals surface area contributed by atoms with Gasteiger partial charge in [-0.1, -0.05) is 23.2 Å². The molecule has 0 aliphatic heterocycles. The smallest absolute Gasteiger partial charge is 0.183 e. The lowest BCUT2D eigenvalue weighted by Gasteiger charge is -1.79. The molecule has 0 saturated heterocycles. The predicted molar refractivity (Wildman–Crippen MR) is 33.4 cm³/mol. The standard InChI is InChI=1S/C5H2Cl2O2/c6-4-2(8)1-3(9)5(4)7/h1H2. The summed E-state index contributed by atoms with van der Waals surface area (Å²) >= 11 is 10.6. The zero-order valence-corrected chi connectivity index (χ0v) is 5.79. The molecule has 1 aliphatic carbocycles. The topological polar surface area (TPSA) is 34.1 Å². The molecule has 0 radical (unpaired) electrons. The second-order valence-corrected chi connectivity index (χ2v) is 2.41. The molecule has 0 fully saturated rings. The van der Waals surface area contributed by atoms with Crippen LogP contribution in [0.4, 0.5) is 0 Å². The number of allylic oxidation sites excluding steroid dienone is 2. The summed E-state index contributed by atoms with van der Waals surface area (Å²) in [6.07, 6.45) is -0.169. The van der Waals surface area contributed by atoms with Gasteiger partial charge in [0.05, 0.1) is 6.42 Å². The summed E-state index contributed by atoms with van der Waals surface area (Å²) in [5, 5.41) is -0.247. The molecule has 0 heterocycles. The van der Waals surface area contributed by atoms with Crippen molar-refractivity contribution in [2.75, 3.05) is 0 Å². The van der Waals surface area contributed by atoms with E-state index in [0.29, 0.717) is 0 Å². The maximum Gasteiger partial charge on any atom is 0.183 e. The van der Waals surface area contributed by atoms with E-state index in [9.17, 15) is 9.59 Å². The quantitative estimate of drug-likeness (QED) is 0.505. The lowest BCUT2D eigenvalue weighted by atomic mass is 10.3. The molecular weight excluding hydrogens is 163 g/mol. The van der Waals surface area contributed by atoms with Crippen LogP contribution in [0.15, 0.2) is 10.1 Å². The Labute approximate surface area is 61.4 Å². The van der Waals surface area contributed by atoms with E-state index in [1.165, 1.54) is 0 Å². The number of halogens is 2. The van der Waals surface area contributed by atoms with Crippen molar-refractivity contribution in [2.24, 2.45) is 0 Å². The Morgan fingerprint density at radius 3 is 1.44 bits per heavy atom. The molecule has 0 aromatic heterocycles. The fraction of sp³-hybridized carbons (Fsp3) is 0.200. The van der Waals surface area contributed by atoms with Gasteiger partial charge in [0, 0.05) is 0 Å². The molecule has 4 heteroatoms. The third-order valence-corrected chi connectivity index (χ3v) is 1.90. The summed E-state index contributed by atoms with van der Waals surface area (Å²) in [4.78, 5) is 21.0. The van der Waals surface area contributed by atoms with Gasteiger partial charge in [-0.25, -0.2) is 0 Å². The minimum Gasteiger partial charge on any atom is -0.293 e. The van der Waals surface area contributed by atoms with Crippen LogP contribution in [0.1, 0.15) is 6.42 Å². The van der Waals surface area contributed by atoms with E-state index in [1.54, 1.807) is 0 Å². The minimum absolute atomic E-state index is 0.123. The fourth-order valence-electron chi connectivity index (χ4n) is 0.546. The lowest BCUT2D eigenvalue weighted by molar-refractivity contribution is -0.120. The molecule has 2 nitrogen and oxygen atoms in total. The van der Waals surface area contributed by atoms with Crippen LogP contribution in [0.5, 0.6) is 0 Å². The van der Waals surface area contributed by atoms with Crippen molar-refractivity contribution in [1.82, 2.24) is 0 Å². The van der Waals surface area contributed by atoms with Gasteiger partial charge in [0.1, 0.15) is 10.1 Å². The van der Waals surface area contributed by atoms with Crippen molar-refractivity contribution >= 4 is 34.8 Å². The number of rotatable bonds is 0. The number of hydrogen-bond donors (Lipinski definition) is 0. The Balaban J connectivity index is 3.06. The zero-order chi connectivity index (χ0) is 7.02. The Hall–Kier alpha value is -0.340. The van der Waals surface area contributed by atoms with Crippen LogP contribution in [0.2, 0.25) is 0 Å². The highest BCUT2D eigenvalue weighted by Crippen LogP contribution is 2.25. The van der Waals surface area contributed by atoms with E-state index in [2.05, 4.69) is 0 Å². The van der Waals surface area contributed by atoms with E-state index in [4.69, 9.17) is 23.2 Å². The average Bonchev–Trinajstić information content (AvgIpc) is 1.98. The SMILES string of the molecule is O=C1CC(=O)C(Cl)=C1Cl. The van der Waals surface area contributed by atoms with E-state index in [0.717, 1.165) is 0 Å². The van der Waals surface area contributed by atoms with Crippen molar-refractivity contribution in [2.45, 2.75) is 6.42 Å². The van der Waals surface area contributed by atoms with Crippen LogP contribution < -0.4 is 0 Å². The summed E-state index contributed by atoms with van der Waals surface area (Å²) in [5.41, 5.74) is 0. The van der Waals surface area contributed by atoms with Gasteiger partial charge in [-0.05, 0) is 0 Å². The summed E-state index contributed by atoms with van der Waals surface area (Å²) < 4.78 is 0. The second-order valence-electron chi connectivity index (χ2n) is 1.65.